The molecule has 0 aromatic heterocycles. The summed E-state index contributed by atoms with van der Waals surface area (Å²) in [7, 11) is 1.53. The van der Waals surface area contributed by atoms with Crippen LogP contribution < -0.4 is 19.9 Å². The number of benzene rings is 2. The van der Waals surface area contributed by atoms with Gasteiger partial charge in [-0.2, -0.15) is 0 Å². The summed E-state index contributed by atoms with van der Waals surface area (Å²) in [5.41, 5.74) is 2.16. The Morgan fingerprint density at radius 2 is 1.89 bits per heavy atom. The van der Waals surface area contributed by atoms with E-state index in [0.717, 1.165) is 36.7 Å². The van der Waals surface area contributed by atoms with Crippen LogP contribution in [0.1, 0.15) is 57.6 Å². The molecule has 2 aromatic rings. The minimum absolute atomic E-state index is 0.0345. The van der Waals surface area contributed by atoms with E-state index in [1.807, 2.05) is 12.1 Å². The molecule has 2 heterocycles. The maximum absolute atomic E-state index is 14.4. The zero-order valence-electron chi connectivity index (χ0n) is 20.6. The van der Waals surface area contributed by atoms with Crippen molar-refractivity contribution in [2.24, 2.45) is 0 Å². The van der Waals surface area contributed by atoms with Gasteiger partial charge in [0.05, 0.1) is 12.8 Å². The number of ether oxygens (including phenoxy) is 1. The minimum atomic E-state index is -0.995. The Morgan fingerprint density at radius 3 is 2.54 bits per heavy atom. The molecule has 0 bridgehead atoms. The highest BCUT2D eigenvalue weighted by Gasteiger charge is 2.39. The number of urea groups is 1. The first-order valence-electron chi connectivity index (χ1n) is 11.7. The number of amides is 4. The lowest BCUT2D eigenvalue weighted by atomic mass is 9.79. The first-order valence-corrected chi connectivity index (χ1v) is 11.7. The van der Waals surface area contributed by atoms with Crippen LogP contribution in [0.25, 0.3) is 6.08 Å². The number of hydrogen-bond acceptors (Lipinski definition) is 5. The quantitative estimate of drug-likeness (QED) is 0.482. The van der Waals surface area contributed by atoms with Crippen LogP contribution in [0.3, 0.4) is 0 Å². The fraction of sp³-hybridized carbons (Fsp3) is 0.370. The Balaban J connectivity index is 1.82. The number of barbiturate groups is 1. The van der Waals surface area contributed by atoms with Gasteiger partial charge >= 0.3 is 6.03 Å². The fourth-order valence-electron chi connectivity index (χ4n) is 5.13. The molecule has 1 unspecified atom stereocenters. The highest BCUT2D eigenvalue weighted by atomic mass is 19.1. The summed E-state index contributed by atoms with van der Waals surface area (Å²) in [6.45, 7) is 9.63. The Morgan fingerprint density at radius 1 is 1.17 bits per heavy atom. The van der Waals surface area contributed by atoms with Crippen molar-refractivity contribution in [1.29, 1.82) is 0 Å². The van der Waals surface area contributed by atoms with Crippen LogP contribution in [-0.2, 0) is 9.59 Å². The summed E-state index contributed by atoms with van der Waals surface area (Å²) in [6, 6.07) is 8.31. The van der Waals surface area contributed by atoms with Crippen molar-refractivity contribution in [2.75, 3.05) is 23.5 Å². The molecule has 8 heteroatoms. The van der Waals surface area contributed by atoms with Crippen molar-refractivity contribution in [3.63, 3.8) is 0 Å². The molecule has 0 aliphatic carbocycles. The molecule has 4 amide bonds. The number of carbonyl (C=O) groups is 3. The van der Waals surface area contributed by atoms with Crippen LogP contribution in [0.5, 0.6) is 5.75 Å². The van der Waals surface area contributed by atoms with Crippen LogP contribution in [0.15, 0.2) is 42.0 Å². The number of nitrogens with zero attached hydrogens (tertiary/aromatic N) is 2. The molecule has 35 heavy (non-hydrogen) atoms. The molecule has 0 radical (unpaired) electrons. The second kappa shape index (κ2) is 9.17. The molecule has 4 rings (SSSR count). The Hall–Kier alpha value is -3.68. The van der Waals surface area contributed by atoms with Crippen molar-refractivity contribution >= 4 is 35.3 Å². The van der Waals surface area contributed by atoms with Gasteiger partial charge in [-0.05, 0) is 62.4 Å². The van der Waals surface area contributed by atoms with Crippen LogP contribution in [-0.4, -0.2) is 37.0 Å². The van der Waals surface area contributed by atoms with E-state index in [1.165, 1.54) is 31.4 Å². The van der Waals surface area contributed by atoms with E-state index in [9.17, 15) is 18.8 Å². The van der Waals surface area contributed by atoms with Gasteiger partial charge in [-0.1, -0.05) is 26.0 Å². The summed E-state index contributed by atoms with van der Waals surface area (Å²) >= 11 is 0. The normalized spacial score (nSPS) is 20.7. The molecule has 2 aliphatic heterocycles. The lowest BCUT2D eigenvalue weighted by Gasteiger charge is -2.48. The number of nitrogens with one attached hydrogen (secondary N) is 1. The predicted octanol–water partition coefficient (Wildman–Crippen LogP) is 5.00. The number of methoxy groups -OCH3 is 1. The number of halogens is 1. The van der Waals surface area contributed by atoms with Gasteiger partial charge in [-0.3, -0.25) is 14.9 Å². The molecule has 1 saturated heterocycles. The molecule has 2 aliphatic rings. The number of para-hydroxylation sites is 1. The van der Waals surface area contributed by atoms with Crippen molar-refractivity contribution in [2.45, 2.75) is 52.0 Å². The third-order valence-electron chi connectivity index (χ3n) is 6.68. The first kappa shape index (κ1) is 24.4. The van der Waals surface area contributed by atoms with Crippen LogP contribution in [0.2, 0.25) is 0 Å². The van der Waals surface area contributed by atoms with Crippen molar-refractivity contribution < 1.29 is 23.5 Å². The summed E-state index contributed by atoms with van der Waals surface area (Å²) in [4.78, 5) is 41.3. The molecular weight excluding hydrogens is 449 g/mol. The topological polar surface area (TPSA) is 79.0 Å². The lowest BCUT2D eigenvalue weighted by molar-refractivity contribution is -0.122. The average Bonchev–Trinajstić information content (AvgIpc) is 2.80. The average molecular weight is 480 g/mol. The summed E-state index contributed by atoms with van der Waals surface area (Å²) < 4.78 is 20.0. The molecule has 0 saturated carbocycles. The van der Waals surface area contributed by atoms with Crippen molar-refractivity contribution in [1.82, 2.24) is 5.32 Å². The van der Waals surface area contributed by atoms with E-state index >= 15 is 0 Å². The summed E-state index contributed by atoms with van der Waals surface area (Å²) in [5, 5.41) is 2.14. The van der Waals surface area contributed by atoms with Crippen LogP contribution in [0, 0.1) is 5.82 Å². The van der Waals surface area contributed by atoms with Gasteiger partial charge in [0, 0.05) is 29.4 Å². The van der Waals surface area contributed by atoms with Crippen molar-refractivity contribution in [3.8, 4) is 5.75 Å². The van der Waals surface area contributed by atoms with Gasteiger partial charge in [0.2, 0.25) is 0 Å². The third-order valence-corrected chi connectivity index (χ3v) is 6.68. The number of hydrogen-bond donors (Lipinski definition) is 1. The van der Waals surface area contributed by atoms with Crippen LogP contribution in [0.4, 0.5) is 20.6 Å². The van der Waals surface area contributed by atoms with E-state index in [0.29, 0.717) is 16.2 Å². The van der Waals surface area contributed by atoms with Gasteiger partial charge in [-0.15, -0.1) is 0 Å². The standard InChI is InChI=1S/C27H30FN3O4/c1-6-11-30-22-14-23(35-5)17(12-18(22)16(2)15-27(30,3)4)13-19-24(32)29-26(34)31(25(19)33)21-10-8-7-9-20(21)28/h7-10,12-14,16H,6,11,15H2,1-5H3,(H,29,32,34)/b19-13-. The Labute approximate surface area is 204 Å². The summed E-state index contributed by atoms with van der Waals surface area (Å²) in [5.74, 6) is -1.75. The van der Waals surface area contributed by atoms with Crippen LogP contribution >= 0.6 is 0 Å². The van der Waals surface area contributed by atoms with E-state index in [-0.39, 0.29) is 22.7 Å². The number of fused-ring (bicyclic) bond motifs is 1. The Bertz CT molecular complexity index is 1240. The van der Waals surface area contributed by atoms with E-state index in [2.05, 4.69) is 37.9 Å². The molecule has 1 fully saturated rings. The first-order chi connectivity index (χ1) is 16.6. The largest absolute Gasteiger partial charge is 0.496 e. The minimum Gasteiger partial charge on any atom is -0.496 e. The number of rotatable bonds is 5. The highest BCUT2D eigenvalue weighted by molar-refractivity contribution is 6.39. The molecule has 1 N–H and O–H groups in total. The smallest absolute Gasteiger partial charge is 0.336 e. The molecule has 2 aromatic carbocycles. The number of imide groups is 2. The molecule has 0 spiro atoms. The fourth-order valence-corrected chi connectivity index (χ4v) is 5.13. The highest BCUT2D eigenvalue weighted by Crippen LogP contribution is 2.46. The van der Waals surface area contributed by atoms with Gasteiger partial charge in [0.15, 0.2) is 0 Å². The zero-order valence-corrected chi connectivity index (χ0v) is 20.6. The summed E-state index contributed by atoms with van der Waals surface area (Å²) in [6.07, 6.45) is 3.34. The van der Waals surface area contributed by atoms with E-state index in [1.54, 1.807) is 0 Å². The van der Waals surface area contributed by atoms with Gasteiger partial charge < -0.3 is 9.64 Å². The SMILES string of the molecule is CCCN1c2cc(OC)c(/C=C3/C(=O)NC(=O)N(c4ccccc4F)C3=O)cc2C(C)CC1(C)C. The second-order valence-corrected chi connectivity index (χ2v) is 9.63. The van der Waals surface area contributed by atoms with Crippen molar-refractivity contribution in [3.05, 3.63) is 58.9 Å². The molecule has 1 atom stereocenters. The second-order valence-electron chi connectivity index (χ2n) is 9.63. The number of carbonyl (C=O) groups excluding carboxylic acids is 3. The van der Waals surface area contributed by atoms with Gasteiger partial charge in [-0.25, -0.2) is 14.1 Å². The zero-order chi connectivity index (χ0) is 25.5. The number of anilines is 2. The monoisotopic (exact) mass is 479 g/mol. The molecule has 7 nitrogen and oxygen atoms in total. The van der Waals surface area contributed by atoms with E-state index < -0.39 is 23.7 Å². The lowest BCUT2D eigenvalue weighted by Crippen LogP contribution is -2.54. The molecular formula is C27H30FN3O4. The molecule has 184 valence electrons. The maximum atomic E-state index is 14.4. The van der Waals surface area contributed by atoms with Gasteiger partial charge in [0.1, 0.15) is 17.1 Å². The van der Waals surface area contributed by atoms with E-state index in [4.69, 9.17) is 4.74 Å². The Kier molecular flexibility index (Phi) is 6.40. The third kappa shape index (κ3) is 4.29. The van der Waals surface area contributed by atoms with Gasteiger partial charge in [0.25, 0.3) is 11.8 Å². The maximum Gasteiger partial charge on any atom is 0.336 e. The predicted molar refractivity (Wildman–Crippen MR) is 133 cm³/mol.